The molecular formula is C62H99O11P. The Kier molecular flexibility index (Phi) is 51.6. The van der Waals surface area contributed by atoms with Crippen LogP contribution in [0, 0.1) is 0 Å². The molecule has 2 N–H and O–H groups in total. The molecule has 0 aromatic heterocycles. The number of carbonyl (C=O) groups excluding carboxylic acids is 3. The van der Waals surface area contributed by atoms with Gasteiger partial charge >= 0.3 is 25.7 Å². The molecule has 0 aliphatic rings. The molecular weight excluding hydrogens is 952 g/mol. The van der Waals surface area contributed by atoms with E-state index in [0.29, 0.717) is 19.3 Å². The first-order chi connectivity index (χ1) is 36.2. The molecule has 12 heteroatoms. The first-order valence-electron chi connectivity index (χ1n) is 28.1. The zero-order valence-corrected chi connectivity index (χ0v) is 46.9. The second-order valence-corrected chi connectivity index (χ2v) is 19.4. The van der Waals surface area contributed by atoms with Gasteiger partial charge in [0.25, 0.3) is 0 Å². The topological polar surface area (TPSA) is 155 Å². The van der Waals surface area contributed by atoms with E-state index in [1.54, 1.807) is 6.08 Å². The third-order valence-corrected chi connectivity index (χ3v) is 12.0. The van der Waals surface area contributed by atoms with Crippen molar-refractivity contribution in [1.82, 2.24) is 0 Å². The van der Waals surface area contributed by atoms with Gasteiger partial charge in [-0.25, -0.2) is 4.57 Å². The number of rotatable bonds is 50. The fourth-order valence-electron chi connectivity index (χ4n) is 6.86. The molecule has 418 valence electrons. The molecule has 0 heterocycles. The average Bonchev–Trinajstić information content (AvgIpc) is 3.39. The largest absolute Gasteiger partial charge is 0.472 e. The van der Waals surface area contributed by atoms with Crippen LogP contribution in [0.1, 0.15) is 201 Å². The van der Waals surface area contributed by atoms with Crippen molar-refractivity contribution in [3.63, 3.8) is 0 Å². The molecule has 3 unspecified atom stereocenters. The van der Waals surface area contributed by atoms with E-state index in [1.165, 1.54) is 38.5 Å². The number of ether oxygens (including phenoxy) is 3. The molecule has 0 amide bonds. The Morgan fingerprint density at radius 2 is 0.757 bits per heavy atom. The lowest BCUT2D eigenvalue weighted by Crippen LogP contribution is -2.30. The highest BCUT2D eigenvalue weighted by Crippen LogP contribution is 2.43. The predicted molar refractivity (Wildman–Crippen MR) is 306 cm³/mol. The van der Waals surface area contributed by atoms with Gasteiger partial charge in [-0.3, -0.25) is 23.4 Å². The van der Waals surface area contributed by atoms with Crippen molar-refractivity contribution in [2.45, 2.75) is 213 Å². The standard InChI is InChI=1S/C62H99O11P/c1-4-7-10-13-16-19-22-25-28-29-32-33-36-39-42-45-48-51-60(64)69-55-59(73-62(66)53-50-47-44-41-38-35-31-27-24-21-18-15-12-9-6-3)57-71-74(67,68)70-56-58(54-63)72-61(65)52-49-46-43-40-37-34-30-26-23-20-17-14-11-8-5-2/h8-9,11-12,16-21,25-28,30-31,37-38,40-41,47,50,58-59,63H,4-7,10,13-15,22-24,29,32-36,39,42-46,48-49,51-57H2,1-3H3,(H,67,68)/b11-8-,12-9-,19-16-,20-17-,21-18-,28-25-,30-26-,31-27-,40-37-,41-38-,50-47-. The average molecular weight is 1050 g/mol. The first kappa shape index (κ1) is 69.6. The summed E-state index contributed by atoms with van der Waals surface area (Å²) < 4.78 is 39.3. The van der Waals surface area contributed by atoms with Gasteiger partial charge in [0.1, 0.15) is 12.7 Å². The highest BCUT2D eigenvalue weighted by Gasteiger charge is 2.28. The van der Waals surface area contributed by atoms with Crippen LogP contribution in [0.4, 0.5) is 0 Å². The van der Waals surface area contributed by atoms with Gasteiger partial charge in [-0.05, 0) is 116 Å². The summed E-state index contributed by atoms with van der Waals surface area (Å²) in [5.41, 5.74) is 0. The number of aliphatic hydroxyl groups is 1. The smallest absolute Gasteiger partial charge is 0.462 e. The summed E-state index contributed by atoms with van der Waals surface area (Å²) in [7, 11) is -4.79. The normalized spacial score (nSPS) is 14.4. The maximum Gasteiger partial charge on any atom is 0.472 e. The number of esters is 3. The molecule has 0 rings (SSSR count). The van der Waals surface area contributed by atoms with Crippen molar-refractivity contribution in [1.29, 1.82) is 0 Å². The highest BCUT2D eigenvalue weighted by molar-refractivity contribution is 7.47. The number of hydrogen-bond donors (Lipinski definition) is 2. The Bertz CT molecular complexity index is 1750. The Balaban J connectivity index is 4.90. The summed E-state index contributed by atoms with van der Waals surface area (Å²) >= 11 is 0. The van der Waals surface area contributed by atoms with Crippen LogP contribution < -0.4 is 0 Å². The number of allylic oxidation sites excluding steroid dienone is 21. The van der Waals surface area contributed by atoms with Gasteiger partial charge in [-0.2, -0.15) is 0 Å². The minimum atomic E-state index is -4.79. The third kappa shape index (κ3) is 52.5. The molecule has 0 saturated carbocycles. The van der Waals surface area contributed by atoms with Gasteiger partial charge in [0.2, 0.25) is 0 Å². The Morgan fingerprint density at radius 1 is 0.405 bits per heavy atom. The van der Waals surface area contributed by atoms with Crippen molar-refractivity contribution in [3.05, 3.63) is 134 Å². The Morgan fingerprint density at radius 3 is 1.22 bits per heavy atom. The SMILES string of the molecule is CC/C=C\C/C=C\C/C=C\C/C=C\C/C=C\CC(=O)OC(COC(=O)CCCCCCCCC/C=C\C/C=C\CCCCC)COP(=O)(O)OCC(CO)OC(=O)CCCC/C=C\C/C=C\C/C=C\C/C=C\CC. The first-order valence-corrected chi connectivity index (χ1v) is 29.6. The number of hydrogen-bond acceptors (Lipinski definition) is 10. The van der Waals surface area contributed by atoms with Crippen molar-refractivity contribution >= 4 is 25.7 Å². The van der Waals surface area contributed by atoms with E-state index < -0.39 is 57.8 Å². The second-order valence-electron chi connectivity index (χ2n) is 18.0. The number of phosphoric acid groups is 1. The predicted octanol–water partition coefficient (Wildman–Crippen LogP) is 16.6. The summed E-state index contributed by atoms with van der Waals surface area (Å²) in [6.45, 7) is 4.20. The number of aliphatic hydroxyl groups excluding tert-OH is 1. The number of phosphoric ester groups is 1. The molecule has 0 aliphatic carbocycles. The van der Waals surface area contributed by atoms with Crippen molar-refractivity contribution < 1.29 is 52.2 Å². The van der Waals surface area contributed by atoms with Gasteiger partial charge in [-0.15, -0.1) is 0 Å². The molecule has 0 fully saturated rings. The Hall–Kier alpha value is -4.38. The minimum absolute atomic E-state index is 0.0766. The molecule has 0 aromatic carbocycles. The van der Waals surface area contributed by atoms with Crippen LogP contribution in [0.3, 0.4) is 0 Å². The van der Waals surface area contributed by atoms with Crippen LogP contribution in [0.25, 0.3) is 0 Å². The molecule has 74 heavy (non-hydrogen) atoms. The summed E-state index contributed by atoms with van der Waals surface area (Å²) in [4.78, 5) is 48.4. The fourth-order valence-corrected chi connectivity index (χ4v) is 7.65. The molecule has 0 radical (unpaired) electrons. The van der Waals surface area contributed by atoms with Crippen LogP contribution in [0.5, 0.6) is 0 Å². The lowest BCUT2D eigenvalue weighted by atomic mass is 10.1. The Labute approximate surface area is 449 Å². The summed E-state index contributed by atoms with van der Waals surface area (Å²) in [5.74, 6) is -1.69. The van der Waals surface area contributed by atoms with Crippen molar-refractivity contribution in [2.24, 2.45) is 0 Å². The van der Waals surface area contributed by atoms with Crippen LogP contribution in [-0.4, -0.2) is 66.5 Å². The van der Waals surface area contributed by atoms with Crippen molar-refractivity contribution in [2.75, 3.05) is 26.4 Å². The molecule has 0 aromatic rings. The summed E-state index contributed by atoms with van der Waals surface area (Å²) in [5, 5.41) is 9.80. The second kappa shape index (κ2) is 54.9. The van der Waals surface area contributed by atoms with E-state index >= 15 is 0 Å². The minimum Gasteiger partial charge on any atom is -0.462 e. The quantitative estimate of drug-likeness (QED) is 0.0197. The zero-order chi connectivity index (χ0) is 54.1. The number of unbranched alkanes of at least 4 members (excludes halogenated alkanes) is 12. The van der Waals surface area contributed by atoms with Gasteiger partial charge in [0.05, 0.1) is 26.2 Å². The van der Waals surface area contributed by atoms with Crippen LogP contribution >= 0.6 is 7.82 Å². The van der Waals surface area contributed by atoms with Gasteiger partial charge in [0, 0.05) is 12.8 Å². The summed E-state index contributed by atoms with van der Waals surface area (Å²) in [6, 6.07) is 0. The highest BCUT2D eigenvalue weighted by atomic mass is 31.2. The van der Waals surface area contributed by atoms with Gasteiger partial charge in [-0.1, -0.05) is 199 Å². The fraction of sp³-hybridized carbons (Fsp3) is 0.597. The van der Waals surface area contributed by atoms with E-state index in [4.69, 9.17) is 23.3 Å². The maximum absolute atomic E-state index is 12.9. The molecule has 3 atom stereocenters. The van der Waals surface area contributed by atoms with Crippen LogP contribution in [0.15, 0.2) is 134 Å². The summed E-state index contributed by atoms with van der Waals surface area (Å²) in [6.07, 6.45) is 68.7. The number of carbonyl (C=O) groups is 3. The molecule has 0 saturated heterocycles. The monoisotopic (exact) mass is 1050 g/mol. The van der Waals surface area contributed by atoms with E-state index in [9.17, 15) is 28.9 Å². The lowest BCUT2D eigenvalue weighted by molar-refractivity contribution is -0.160. The zero-order valence-electron chi connectivity index (χ0n) is 46.0. The van der Waals surface area contributed by atoms with Crippen LogP contribution in [-0.2, 0) is 42.2 Å². The van der Waals surface area contributed by atoms with E-state index in [2.05, 4.69) is 130 Å². The van der Waals surface area contributed by atoms with Crippen LogP contribution in [0.2, 0.25) is 0 Å². The van der Waals surface area contributed by atoms with Gasteiger partial charge in [0.15, 0.2) is 6.10 Å². The van der Waals surface area contributed by atoms with Gasteiger partial charge < -0.3 is 24.2 Å². The molecule has 0 spiro atoms. The van der Waals surface area contributed by atoms with E-state index in [0.717, 1.165) is 103 Å². The molecule has 11 nitrogen and oxygen atoms in total. The van der Waals surface area contributed by atoms with E-state index in [1.807, 2.05) is 18.2 Å². The molecule has 0 bridgehead atoms. The third-order valence-electron chi connectivity index (χ3n) is 11.1. The van der Waals surface area contributed by atoms with Crippen molar-refractivity contribution in [3.8, 4) is 0 Å². The maximum atomic E-state index is 12.9. The molecule has 0 aliphatic heterocycles. The lowest BCUT2D eigenvalue weighted by Gasteiger charge is -2.21. The van der Waals surface area contributed by atoms with E-state index in [-0.39, 0.29) is 25.9 Å².